The van der Waals surface area contributed by atoms with Gasteiger partial charge < -0.3 is 9.42 Å². The fourth-order valence-corrected chi connectivity index (χ4v) is 3.64. The predicted molar refractivity (Wildman–Crippen MR) is 87.0 cm³/mol. The lowest BCUT2D eigenvalue weighted by Crippen LogP contribution is -2.30. The van der Waals surface area contributed by atoms with Crippen LogP contribution >= 0.6 is 11.3 Å². The standard InChI is InChI=1S/C17H13F2N3O2S/c18-10-5-6-11(12(19)9-10)15-20-16(24-21-15)13-3-1-7-22(13)17(23)14-4-2-8-25-14/h2,4-6,8-9,13H,1,3,7H2. The molecular weight excluding hydrogens is 348 g/mol. The first-order valence-corrected chi connectivity index (χ1v) is 8.65. The number of likely N-dealkylation sites (tertiary alicyclic amines) is 1. The van der Waals surface area contributed by atoms with Crippen LogP contribution in [0.3, 0.4) is 0 Å². The summed E-state index contributed by atoms with van der Waals surface area (Å²) in [4.78, 5) is 19.2. The lowest BCUT2D eigenvalue weighted by atomic mass is 10.2. The van der Waals surface area contributed by atoms with Crippen molar-refractivity contribution in [1.29, 1.82) is 0 Å². The van der Waals surface area contributed by atoms with E-state index in [-0.39, 0.29) is 29.2 Å². The second-order valence-corrected chi connectivity index (χ2v) is 6.66. The Morgan fingerprint density at radius 1 is 1.32 bits per heavy atom. The van der Waals surface area contributed by atoms with Gasteiger partial charge in [-0.1, -0.05) is 11.2 Å². The Balaban J connectivity index is 1.62. The van der Waals surface area contributed by atoms with Crippen LogP contribution in [0.4, 0.5) is 8.78 Å². The third-order valence-electron chi connectivity index (χ3n) is 4.14. The number of benzene rings is 1. The van der Waals surface area contributed by atoms with E-state index in [1.54, 1.807) is 11.0 Å². The molecule has 1 aromatic carbocycles. The maximum absolute atomic E-state index is 13.9. The van der Waals surface area contributed by atoms with E-state index in [4.69, 9.17) is 4.52 Å². The van der Waals surface area contributed by atoms with E-state index in [2.05, 4.69) is 10.1 Å². The minimum atomic E-state index is -0.759. The number of carbonyl (C=O) groups excluding carboxylic acids is 1. The monoisotopic (exact) mass is 361 g/mol. The van der Waals surface area contributed by atoms with Crippen molar-refractivity contribution >= 4 is 17.2 Å². The van der Waals surface area contributed by atoms with Gasteiger partial charge in [0.15, 0.2) is 0 Å². The van der Waals surface area contributed by atoms with E-state index in [1.165, 1.54) is 17.4 Å². The molecule has 128 valence electrons. The minimum Gasteiger partial charge on any atom is -0.337 e. The second-order valence-electron chi connectivity index (χ2n) is 5.71. The molecule has 3 heterocycles. The molecule has 4 rings (SSSR count). The summed E-state index contributed by atoms with van der Waals surface area (Å²) in [5.41, 5.74) is 0.0607. The summed E-state index contributed by atoms with van der Waals surface area (Å²) < 4.78 is 32.2. The topological polar surface area (TPSA) is 59.2 Å². The molecule has 25 heavy (non-hydrogen) atoms. The van der Waals surface area contributed by atoms with Gasteiger partial charge in [0.05, 0.1) is 10.4 Å². The smallest absolute Gasteiger partial charge is 0.264 e. The first kappa shape index (κ1) is 15.9. The van der Waals surface area contributed by atoms with Crippen LogP contribution in [0, 0.1) is 11.6 Å². The van der Waals surface area contributed by atoms with Gasteiger partial charge in [-0.25, -0.2) is 8.78 Å². The maximum Gasteiger partial charge on any atom is 0.264 e. The Morgan fingerprint density at radius 2 is 2.20 bits per heavy atom. The Kier molecular flexibility index (Phi) is 4.04. The van der Waals surface area contributed by atoms with Gasteiger partial charge >= 0.3 is 0 Å². The molecule has 8 heteroatoms. The van der Waals surface area contributed by atoms with Gasteiger partial charge in [0.25, 0.3) is 5.91 Å². The molecule has 1 unspecified atom stereocenters. The van der Waals surface area contributed by atoms with E-state index in [1.807, 2.05) is 11.4 Å². The summed E-state index contributed by atoms with van der Waals surface area (Å²) in [5.74, 6) is -1.20. The highest BCUT2D eigenvalue weighted by Gasteiger charge is 2.35. The number of amides is 1. The lowest BCUT2D eigenvalue weighted by molar-refractivity contribution is 0.0715. The van der Waals surface area contributed by atoms with Crippen LogP contribution in [0.25, 0.3) is 11.4 Å². The first-order chi connectivity index (χ1) is 12.1. The third-order valence-corrected chi connectivity index (χ3v) is 5.00. The summed E-state index contributed by atoms with van der Waals surface area (Å²) in [6, 6.07) is 6.44. The summed E-state index contributed by atoms with van der Waals surface area (Å²) >= 11 is 1.38. The summed E-state index contributed by atoms with van der Waals surface area (Å²) in [7, 11) is 0. The SMILES string of the molecule is O=C(c1cccs1)N1CCCC1c1nc(-c2ccc(F)cc2F)no1. The normalized spacial score (nSPS) is 17.2. The fraction of sp³-hybridized carbons (Fsp3) is 0.235. The van der Waals surface area contributed by atoms with Gasteiger partial charge in [0.1, 0.15) is 17.7 Å². The molecule has 1 aliphatic rings. The molecule has 1 aliphatic heterocycles. The van der Waals surface area contributed by atoms with Gasteiger partial charge in [-0.2, -0.15) is 4.98 Å². The van der Waals surface area contributed by atoms with Crippen LogP contribution in [0.2, 0.25) is 0 Å². The number of thiophene rings is 1. The van der Waals surface area contributed by atoms with Crippen molar-refractivity contribution in [2.24, 2.45) is 0 Å². The van der Waals surface area contributed by atoms with Crippen molar-refractivity contribution in [1.82, 2.24) is 15.0 Å². The largest absolute Gasteiger partial charge is 0.337 e. The molecule has 1 atom stereocenters. The first-order valence-electron chi connectivity index (χ1n) is 7.77. The van der Waals surface area contributed by atoms with E-state index in [0.29, 0.717) is 17.8 Å². The van der Waals surface area contributed by atoms with E-state index in [9.17, 15) is 13.6 Å². The second kappa shape index (κ2) is 6.36. The van der Waals surface area contributed by atoms with Crippen molar-refractivity contribution in [2.45, 2.75) is 18.9 Å². The molecule has 0 aliphatic carbocycles. The number of hydrogen-bond donors (Lipinski definition) is 0. The van der Waals surface area contributed by atoms with Crippen LogP contribution in [-0.2, 0) is 0 Å². The van der Waals surface area contributed by atoms with E-state index >= 15 is 0 Å². The number of carbonyl (C=O) groups is 1. The average molecular weight is 361 g/mol. The number of hydrogen-bond acceptors (Lipinski definition) is 5. The Hall–Kier alpha value is -2.61. The molecule has 1 saturated heterocycles. The quantitative estimate of drug-likeness (QED) is 0.706. The summed E-state index contributed by atoms with van der Waals surface area (Å²) in [6.07, 6.45) is 1.52. The Bertz CT molecular complexity index is 911. The molecule has 0 saturated carbocycles. The van der Waals surface area contributed by atoms with Gasteiger partial charge in [0.2, 0.25) is 11.7 Å². The molecule has 1 fully saturated rings. The molecular formula is C17H13F2N3O2S. The molecule has 5 nitrogen and oxygen atoms in total. The fourth-order valence-electron chi connectivity index (χ4n) is 2.96. The average Bonchev–Trinajstić information content (AvgIpc) is 3.34. The van der Waals surface area contributed by atoms with Crippen LogP contribution < -0.4 is 0 Å². The Morgan fingerprint density at radius 3 is 2.96 bits per heavy atom. The van der Waals surface area contributed by atoms with Gasteiger partial charge in [-0.15, -0.1) is 11.3 Å². The van der Waals surface area contributed by atoms with E-state index < -0.39 is 11.6 Å². The number of aromatic nitrogens is 2. The van der Waals surface area contributed by atoms with Crippen LogP contribution in [0.1, 0.15) is 34.4 Å². The summed E-state index contributed by atoms with van der Waals surface area (Å²) in [5, 5.41) is 5.64. The highest BCUT2D eigenvalue weighted by atomic mass is 32.1. The molecule has 0 spiro atoms. The number of nitrogens with zero attached hydrogens (tertiary/aromatic N) is 3. The molecule has 0 N–H and O–H groups in total. The minimum absolute atomic E-state index is 0.0444. The summed E-state index contributed by atoms with van der Waals surface area (Å²) in [6.45, 7) is 0.601. The van der Waals surface area contributed by atoms with Crippen molar-refractivity contribution in [3.63, 3.8) is 0 Å². The zero-order valence-corrected chi connectivity index (χ0v) is 13.8. The van der Waals surface area contributed by atoms with Gasteiger partial charge in [0, 0.05) is 12.6 Å². The molecule has 0 bridgehead atoms. The number of rotatable bonds is 3. The molecule has 0 radical (unpaired) electrons. The zero-order valence-electron chi connectivity index (χ0n) is 13.0. The van der Waals surface area contributed by atoms with Crippen LogP contribution in [0.5, 0.6) is 0 Å². The van der Waals surface area contributed by atoms with Crippen molar-refractivity contribution < 1.29 is 18.1 Å². The van der Waals surface area contributed by atoms with Crippen molar-refractivity contribution in [3.05, 3.63) is 58.1 Å². The maximum atomic E-state index is 13.9. The van der Waals surface area contributed by atoms with Gasteiger partial charge in [-0.3, -0.25) is 4.79 Å². The molecule has 2 aromatic heterocycles. The van der Waals surface area contributed by atoms with Crippen molar-refractivity contribution in [2.75, 3.05) is 6.54 Å². The highest BCUT2D eigenvalue weighted by molar-refractivity contribution is 7.12. The third kappa shape index (κ3) is 2.93. The molecule has 3 aromatic rings. The zero-order chi connectivity index (χ0) is 17.4. The van der Waals surface area contributed by atoms with Crippen LogP contribution in [-0.4, -0.2) is 27.5 Å². The van der Waals surface area contributed by atoms with Crippen LogP contribution in [0.15, 0.2) is 40.2 Å². The highest BCUT2D eigenvalue weighted by Crippen LogP contribution is 2.34. The molecule has 1 amide bonds. The lowest BCUT2D eigenvalue weighted by Gasteiger charge is -2.20. The predicted octanol–water partition coefficient (Wildman–Crippen LogP) is 4.05. The van der Waals surface area contributed by atoms with Gasteiger partial charge in [-0.05, 0) is 36.4 Å². The number of halogens is 2. The Labute approximate surface area is 145 Å². The van der Waals surface area contributed by atoms with Crippen molar-refractivity contribution in [3.8, 4) is 11.4 Å². The van der Waals surface area contributed by atoms with E-state index in [0.717, 1.165) is 18.6 Å².